The molecule has 8 nitrogen and oxygen atoms in total. The number of thioether (sulfide) groups is 1. The Labute approximate surface area is 252 Å². The summed E-state index contributed by atoms with van der Waals surface area (Å²) >= 11 is 7.39. The summed E-state index contributed by atoms with van der Waals surface area (Å²) in [7, 11) is 0. The molecule has 3 N–H and O–H groups in total. The lowest BCUT2D eigenvalue weighted by Crippen LogP contribution is -2.30. The minimum absolute atomic E-state index is 0.0315. The van der Waals surface area contributed by atoms with Crippen molar-refractivity contribution in [3.8, 4) is 11.3 Å². The smallest absolute Gasteiger partial charge is 0.226 e. The fourth-order valence-corrected chi connectivity index (χ4v) is 4.66. The van der Waals surface area contributed by atoms with Crippen molar-refractivity contribution in [2.24, 2.45) is 0 Å². The van der Waals surface area contributed by atoms with Crippen LogP contribution in [-0.2, 0) is 4.79 Å². The van der Waals surface area contributed by atoms with Gasteiger partial charge in [-0.2, -0.15) is 0 Å². The number of carbonyl (C=O) groups excluding carboxylic acids is 1. The zero-order valence-electron chi connectivity index (χ0n) is 24.4. The van der Waals surface area contributed by atoms with E-state index in [4.69, 9.17) is 11.6 Å². The lowest BCUT2D eigenvalue weighted by atomic mass is 10.1. The number of carbonyl (C=O) groups is 1. The monoisotopic (exact) mass is 604 g/mol. The molecule has 0 unspecified atom stereocenters. The molecular formula is C30H42ClFN6O2S. The summed E-state index contributed by atoms with van der Waals surface area (Å²) in [5.74, 6) is 0.277. The molecule has 0 atom stereocenters. The van der Waals surface area contributed by atoms with Crippen LogP contribution in [-0.4, -0.2) is 63.1 Å². The first kappa shape index (κ1) is 34.4. The number of pyridine rings is 1. The normalized spacial score (nSPS) is 10.7. The first-order valence-corrected chi connectivity index (χ1v) is 15.6. The van der Waals surface area contributed by atoms with Crippen molar-refractivity contribution in [1.82, 2.24) is 20.1 Å². The van der Waals surface area contributed by atoms with Crippen LogP contribution >= 0.6 is 23.4 Å². The lowest BCUT2D eigenvalue weighted by Gasteiger charge is -2.21. The van der Waals surface area contributed by atoms with E-state index in [1.54, 1.807) is 24.4 Å². The van der Waals surface area contributed by atoms with Gasteiger partial charge in [-0.1, -0.05) is 52.1 Å². The zero-order valence-corrected chi connectivity index (χ0v) is 26.0. The van der Waals surface area contributed by atoms with Crippen LogP contribution in [0.25, 0.3) is 11.3 Å². The third-order valence-corrected chi connectivity index (χ3v) is 7.11. The maximum atomic E-state index is 14.5. The molecule has 224 valence electrons. The van der Waals surface area contributed by atoms with Crippen LogP contribution < -0.4 is 10.6 Å². The number of halogens is 2. The van der Waals surface area contributed by atoms with Gasteiger partial charge in [0.25, 0.3) is 0 Å². The van der Waals surface area contributed by atoms with E-state index >= 15 is 0 Å². The minimum atomic E-state index is -0.465. The number of aromatic nitrogens is 3. The Hall–Kier alpha value is -2.79. The molecule has 2 aromatic heterocycles. The molecule has 0 fully saturated rings. The molecule has 3 rings (SSSR count). The molecule has 2 heterocycles. The van der Waals surface area contributed by atoms with Gasteiger partial charge in [0.1, 0.15) is 16.7 Å². The average molecular weight is 605 g/mol. The molecular weight excluding hydrogens is 563 g/mol. The summed E-state index contributed by atoms with van der Waals surface area (Å²) in [5.41, 5.74) is 1.77. The second kappa shape index (κ2) is 19.4. The van der Waals surface area contributed by atoms with Crippen LogP contribution in [0, 0.1) is 5.82 Å². The molecule has 0 spiro atoms. The van der Waals surface area contributed by atoms with Crippen LogP contribution in [0.15, 0.2) is 47.6 Å². The lowest BCUT2D eigenvalue weighted by molar-refractivity contribution is -0.116. The first-order valence-electron chi connectivity index (χ1n) is 14.3. The molecule has 11 heteroatoms. The van der Waals surface area contributed by atoms with Crippen molar-refractivity contribution in [3.63, 3.8) is 0 Å². The predicted molar refractivity (Wildman–Crippen MR) is 169 cm³/mol. The second-order valence-electron chi connectivity index (χ2n) is 9.05. The Morgan fingerprint density at radius 1 is 1.05 bits per heavy atom. The summed E-state index contributed by atoms with van der Waals surface area (Å²) in [5, 5.41) is 24.8. The Kier molecular flexibility index (Phi) is 16.2. The SMILES string of the molecule is CC.CCCCN(CCCC)CCC(=O)Nc1cc(Nc2cc(-c3cc(Cl)ccc3F)nnc2SCCO)ccn1. The molecule has 0 aliphatic heterocycles. The van der Waals surface area contributed by atoms with Crippen LogP contribution in [0.4, 0.5) is 21.6 Å². The van der Waals surface area contributed by atoms with E-state index in [1.165, 1.54) is 30.0 Å². The number of nitrogens with zero attached hydrogens (tertiary/aromatic N) is 4. The van der Waals surface area contributed by atoms with Gasteiger partial charge in [-0.15, -0.1) is 22.0 Å². The van der Waals surface area contributed by atoms with Gasteiger partial charge in [0.15, 0.2) is 0 Å². The number of hydrogen-bond donors (Lipinski definition) is 3. The van der Waals surface area contributed by atoms with Gasteiger partial charge in [-0.25, -0.2) is 9.37 Å². The fraction of sp³-hybridized carbons (Fsp3) is 0.467. The van der Waals surface area contributed by atoms with Gasteiger partial charge >= 0.3 is 0 Å². The fourth-order valence-electron chi connectivity index (χ4n) is 3.84. The summed E-state index contributed by atoms with van der Waals surface area (Å²) in [6.45, 7) is 11.0. The van der Waals surface area contributed by atoms with Gasteiger partial charge in [-0.3, -0.25) is 4.79 Å². The summed E-state index contributed by atoms with van der Waals surface area (Å²) in [4.78, 5) is 19.3. The zero-order chi connectivity index (χ0) is 30.0. The van der Waals surface area contributed by atoms with E-state index in [0.29, 0.717) is 51.7 Å². The summed E-state index contributed by atoms with van der Waals surface area (Å²) in [6.07, 6.45) is 6.48. The number of anilines is 3. The standard InChI is InChI=1S/C28H36ClFN6O2S.C2H6/c1-3-5-12-36(13-6-4-2)14-10-27(38)33-26-18-21(9-11-31-26)32-25-19-24(34-35-28(25)39-16-15-37)22-17-20(29)7-8-23(22)30;1-2/h7-9,11,17-19,37H,3-6,10,12-16H2,1-2H3,(H2,31,32,33,34,38);1-2H3. The van der Waals surface area contributed by atoms with Gasteiger partial charge in [0, 0.05) is 47.3 Å². The maximum absolute atomic E-state index is 14.5. The van der Waals surface area contributed by atoms with Crippen molar-refractivity contribution in [2.45, 2.75) is 64.8 Å². The predicted octanol–water partition coefficient (Wildman–Crippen LogP) is 7.42. The van der Waals surface area contributed by atoms with Gasteiger partial charge in [-0.05, 0) is 56.3 Å². The van der Waals surface area contributed by atoms with Crippen molar-refractivity contribution < 1.29 is 14.3 Å². The van der Waals surface area contributed by atoms with E-state index in [2.05, 4.69) is 44.6 Å². The molecule has 41 heavy (non-hydrogen) atoms. The highest BCUT2D eigenvalue weighted by molar-refractivity contribution is 7.99. The molecule has 1 aromatic carbocycles. The molecule has 0 bridgehead atoms. The van der Waals surface area contributed by atoms with Crippen LogP contribution in [0.5, 0.6) is 0 Å². The molecule has 0 aliphatic rings. The topological polar surface area (TPSA) is 103 Å². The minimum Gasteiger partial charge on any atom is -0.396 e. The number of aliphatic hydroxyl groups excluding tert-OH is 1. The van der Waals surface area contributed by atoms with Crippen LogP contribution in [0.3, 0.4) is 0 Å². The van der Waals surface area contributed by atoms with Crippen molar-refractivity contribution in [3.05, 3.63) is 53.4 Å². The number of unbranched alkanes of at least 4 members (excludes halogenated alkanes) is 2. The third kappa shape index (κ3) is 11.9. The highest BCUT2D eigenvalue weighted by Gasteiger charge is 2.14. The number of aliphatic hydroxyl groups is 1. The Balaban J connectivity index is 0.00000287. The molecule has 0 saturated carbocycles. The van der Waals surface area contributed by atoms with E-state index in [-0.39, 0.29) is 18.1 Å². The van der Waals surface area contributed by atoms with Gasteiger partial charge in [0.2, 0.25) is 5.91 Å². The third-order valence-electron chi connectivity index (χ3n) is 5.91. The number of hydrogen-bond acceptors (Lipinski definition) is 8. The highest BCUT2D eigenvalue weighted by Crippen LogP contribution is 2.32. The highest BCUT2D eigenvalue weighted by atomic mass is 35.5. The van der Waals surface area contributed by atoms with Crippen LogP contribution in [0.2, 0.25) is 5.02 Å². The molecule has 3 aromatic rings. The summed E-state index contributed by atoms with van der Waals surface area (Å²) in [6, 6.07) is 9.42. The van der Waals surface area contributed by atoms with E-state index in [1.807, 2.05) is 13.8 Å². The van der Waals surface area contributed by atoms with Crippen molar-refractivity contribution in [1.29, 1.82) is 0 Å². The Morgan fingerprint density at radius 2 is 1.78 bits per heavy atom. The molecule has 1 amide bonds. The average Bonchev–Trinajstić information content (AvgIpc) is 2.98. The number of amides is 1. The number of benzene rings is 1. The molecule has 0 saturated heterocycles. The van der Waals surface area contributed by atoms with E-state index < -0.39 is 5.82 Å². The van der Waals surface area contributed by atoms with Crippen molar-refractivity contribution in [2.75, 3.05) is 42.6 Å². The second-order valence-corrected chi connectivity index (χ2v) is 10.6. The quantitative estimate of drug-likeness (QED) is 0.145. The van der Waals surface area contributed by atoms with Crippen LogP contribution in [0.1, 0.15) is 59.8 Å². The first-order chi connectivity index (χ1) is 19.9. The number of nitrogens with one attached hydrogen (secondary N) is 2. The number of rotatable bonds is 16. The maximum Gasteiger partial charge on any atom is 0.226 e. The van der Waals surface area contributed by atoms with Gasteiger partial charge in [0.05, 0.1) is 18.0 Å². The van der Waals surface area contributed by atoms with Gasteiger partial charge < -0.3 is 20.6 Å². The van der Waals surface area contributed by atoms with E-state index in [9.17, 15) is 14.3 Å². The van der Waals surface area contributed by atoms with Crippen molar-refractivity contribution >= 4 is 46.5 Å². The Bertz CT molecular complexity index is 1210. The summed E-state index contributed by atoms with van der Waals surface area (Å²) < 4.78 is 14.5. The largest absolute Gasteiger partial charge is 0.396 e. The molecule has 0 radical (unpaired) electrons. The molecule has 0 aliphatic carbocycles. The Morgan fingerprint density at radius 3 is 2.46 bits per heavy atom. The van der Waals surface area contributed by atoms with E-state index in [0.717, 1.165) is 38.8 Å².